The zero-order valence-corrected chi connectivity index (χ0v) is 12.8. The monoisotopic (exact) mass is 299 g/mol. The number of carbonyl (C=O) groups is 1. The van der Waals surface area contributed by atoms with Crippen molar-refractivity contribution in [3.63, 3.8) is 0 Å². The van der Waals surface area contributed by atoms with Gasteiger partial charge in [0.1, 0.15) is 0 Å². The van der Waals surface area contributed by atoms with Crippen LogP contribution >= 0.6 is 0 Å². The molecular formula is C14H21NO4S. The Kier molecular flexibility index (Phi) is 5.71. The fourth-order valence-electron chi connectivity index (χ4n) is 1.79. The molecule has 0 spiro atoms. The number of carbonyl (C=O) groups excluding carboxylic acids is 1. The average Bonchev–Trinajstić information content (AvgIpc) is 2.34. The van der Waals surface area contributed by atoms with Crippen LogP contribution in [0.3, 0.4) is 0 Å². The summed E-state index contributed by atoms with van der Waals surface area (Å²) in [6.07, 6.45) is 1.16. The predicted octanol–water partition coefficient (Wildman–Crippen LogP) is 1.23. The number of hydrogen-bond donors (Lipinski definition) is 2. The van der Waals surface area contributed by atoms with Crippen molar-refractivity contribution in [2.45, 2.75) is 31.3 Å². The van der Waals surface area contributed by atoms with Crippen molar-refractivity contribution in [2.24, 2.45) is 5.92 Å². The van der Waals surface area contributed by atoms with Crippen molar-refractivity contribution in [3.8, 4) is 0 Å². The highest BCUT2D eigenvalue weighted by atomic mass is 32.2. The van der Waals surface area contributed by atoms with Crippen LogP contribution in [-0.2, 0) is 9.84 Å². The lowest BCUT2D eigenvalue weighted by Gasteiger charge is -2.13. The second-order valence-electron chi connectivity index (χ2n) is 5.29. The van der Waals surface area contributed by atoms with E-state index in [1.807, 2.05) is 13.8 Å². The first kappa shape index (κ1) is 16.7. The molecule has 1 rings (SSSR count). The van der Waals surface area contributed by atoms with Crippen LogP contribution in [0.4, 0.5) is 0 Å². The number of rotatable bonds is 6. The van der Waals surface area contributed by atoms with Crippen LogP contribution in [0.2, 0.25) is 0 Å². The zero-order chi connectivity index (χ0) is 15.3. The maximum absolute atomic E-state index is 11.8. The van der Waals surface area contributed by atoms with Gasteiger partial charge in [-0.05, 0) is 36.6 Å². The van der Waals surface area contributed by atoms with Crippen LogP contribution in [0.1, 0.15) is 30.6 Å². The van der Waals surface area contributed by atoms with Gasteiger partial charge < -0.3 is 10.4 Å². The topological polar surface area (TPSA) is 83.5 Å². The number of amides is 1. The number of hydrogen-bond acceptors (Lipinski definition) is 4. The molecule has 2 N–H and O–H groups in total. The molecule has 0 aromatic heterocycles. The minimum atomic E-state index is -3.26. The van der Waals surface area contributed by atoms with E-state index >= 15 is 0 Å². The summed E-state index contributed by atoms with van der Waals surface area (Å²) in [5.41, 5.74) is 0.370. The van der Waals surface area contributed by atoms with Crippen molar-refractivity contribution in [3.05, 3.63) is 29.8 Å². The van der Waals surface area contributed by atoms with Gasteiger partial charge in [-0.2, -0.15) is 0 Å². The Morgan fingerprint density at radius 2 is 1.80 bits per heavy atom. The van der Waals surface area contributed by atoms with Crippen LogP contribution < -0.4 is 5.32 Å². The molecule has 0 aliphatic carbocycles. The van der Waals surface area contributed by atoms with Crippen LogP contribution in [0.25, 0.3) is 0 Å². The molecular weight excluding hydrogens is 278 g/mol. The van der Waals surface area contributed by atoms with Crippen LogP contribution in [0.15, 0.2) is 29.2 Å². The maximum Gasteiger partial charge on any atom is 0.251 e. The first-order valence-electron chi connectivity index (χ1n) is 6.46. The fourth-order valence-corrected chi connectivity index (χ4v) is 2.42. The molecule has 0 fully saturated rings. The minimum Gasteiger partial charge on any atom is -0.391 e. The highest BCUT2D eigenvalue weighted by Crippen LogP contribution is 2.10. The van der Waals surface area contributed by atoms with E-state index in [-0.39, 0.29) is 17.3 Å². The van der Waals surface area contributed by atoms with E-state index in [1.54, 1.807) is 0 Å². The normalized spacial score (nSPS) is 13.2. The van der Waals surface area contributed by atoms with Gasteiger partial charge >= 0.3 is 0 Å². The molecule has 0 saturated carbocycles. The van der Waals surface area contributed by atoms with Crippen LogP contribution in [-0.4, -0.2) is 38.3 Å². The zero-order valence-electron chi connectivity index (χ0n) is 12.0. The molecule has 0 saturated heterocycles. The second-order valence-corrected chi connectivity index (χ2v) is 7.31. The van der Waals surface area contributed by atoms with E-state index in [2.05, 4.69) is 5.32 Å². The van der Waals surface area contributed by atoms with Crippen molar-refractivity contribution in [1.29, 1.82) is 0 Å². The van der Waals surface area contributed by atoms with Gasteiger partial charge in [-0.3, -0.25) is 4.79 Å². The Morgan fingerprint density at radius 3 is 2.25 bits per heavy atom. The molecule has 1 aromatic rings. The van der Waals surface area contributed by atoms with E-state index in [4.69, 9.17) is 0 Å². The Morgan fingerprint density at radius 1 is 1.25 bits per heavy atom. The van der Waals surface area contributed by atoms with Gasteiger partial charge in [0.25, 0.3) is 5.91 Å². The molecule has 6 heteroatoms. The highest BCUT2D eigenvalue weighted by molar-refractivity contribution is 7.90. The maximum atomic E-state index is 11.8. The third-order valence-corrected chi connectivity index (χ3v) is 3.91. The Bertz CT molecular complexity index is 549. The number of nitrogens with one attached hydrogen (secondary N) is 1. The summed E-state index contributed by atoms with van der Waals surface area (Å²) in [6.45, 7) is 4.18. The summed E-state index contributed by atoms with van der Waals surface area (Å²) in [6, 6.07) is 5.71. The first-order valence-corrected chi connectivity index (χ1v) is 8.35. The molecule has 112 valence electrons. The lowest BCUT2D eigenvalue weighted by Crippen LogP contribution is -2.32. The van der Waals surface area contributed by atoms with Gasteiger partial charge in [-0.1, -0.05) is 13.8 Å². The molecule has 1 atom stereocenters. The van der Waals surface area contributed by atoms with Crippen LogP contribution in [0, 0.1) is 5.92 Å². The Balaban J connectivity index is 2.60. The summed E-state index contributed by atoms with van der Waals surface area (Å²) in [5.74, 6) is 0.0313. The van der Waals surface area contributed by atoms with Gasteiger partial charge in [0.15, 0.2) is 9.84 Å². The quantitative estimate of drug-likeness (QED) is 0.827. The third kappa shape index (κ3) is 5.30. The fraction of sp³-hybridized carbons (Fsp3) is 0.500. The molecule has 0 heterocycles. The van der Waals surface area contributed by atoms with Gasteiger partial charge in [-0.25, -0.2) is 8.42 Å². The minimum absolute atomic E-state index is 0.175. The smallest absolute Gasteiger partial charge is 0.251 e. The molecule has 1 aromatic carbocycles. The molecule has 20 heavy (non-hydrogen) atoms. The molecule has 0 aliphatic rings. The number of benzene rings is 1. The van der Waals surface area contributed by atoms with E-state index < -0.39 is 15.9 Å². The van der Waals surface area contributed by atoms with Crippen molar-refractivity contribution in [1.82, 2.24) is 5.32 Å². The van der Waals surface area contributed by atoms with E-state index in [0.717, 1.165) is 6.26 Å². The summed E-state index contributed by atoms with van der Waals surface area (Å²) in [4.78, 5) is 12.0. The first-order chi connectivity index (χ1) is 9.20. The molecule has 1 unspecified atom stereocenters. The number of aliphatic hydroxyl groups is 1. The van der Waals surface area contributed by atoms with E-state index in [9.17, 15) is 18.3 Å². The molecule has 5 nitrogen and oxygen atoms in total. The van der Waals surface area contributed by atoms with Crippen molar-refractivity contribution < 1.29 is 18.3 Å². The van der Waals surface area contributed by atoms with Crippen molar-refractivity contribution in [2.75, 3.05) is 12.8 Å². The lowest BCUT2D eigenvalue weighted by atomic mass is 10.1. The SMILES string of the molecule is CC(C)CC(O)CNC(=O)c1ccc(S(C)(=O)=O)cc1. The highest BCUT2D eigenvalue weighted by Gasteiger charge is 2.12. The average molecular weight is 299 g/mol. The standard InChI is InChI=1S/C14H21NO4S/c1-10(2)8-12(16)9-15-14(17)11-4-6-13(7-5-11)20(3,18)19/h4-7,10,12,16H,8-9H2,1-3H3,(H,15,17). The molecule has 1 amide bonds. The lowest BCUT2D eigenvalue weighted by molar-refractivity contribution is 0.0900. The molecule has 0 bridgehead atoms. The summed E-state index contributed by atoms with van der Waals surface area (Å²) in [5, 5.41) is 12.3. The van der Waals surface area contributed by atoms with Gasteiger partial charge in [0.05, 0.1) is 11.0 Å². The summed E-state index contributed by atoms with van der Waals surface area (Å²) >= 11 is 0. The largest absolute Gasteiger partial charge is 0.391 e. The summed E-state index contributed by atoms with van der Waals surface area (Å²) in [7, 11) is -3.26. The molecule has 0 aliphatic heterocycles. The van der Waals surface area contributed by atoms with Crippen molar-refractivity contribution >= 4 is 15.7 Å². The van der Waals surface area contributed by atoms with E-state index in [0.29, 0.717) is 17.9 Å². The molecule has 0 radical (unpaired) electrons. The van der Waals surface area contributed by atoms with E-state index in [1.165, 1.54) is 24.3 Å². The Hall–Kier alpha value is -1.40. The summed E-state index contributed by atoms with van der Waals surface area (Å²) < 4.78 is 22.6. The predicted molar refractivity (Wildman–Crippen MR) is 77.3 cm³/mol. The Labute approximate surface area is 119 Å². The second kappa shape index (κ2) is 6.85. The van der Waals surface area contributed by atoms with Gasteiger partial charge in [0.2, 0.25) is 0 Å². The number of aliphatic hydroxyl groups excluding tert-OH is 1. The number of sulfone groups is 1. The van der Waals surface area contributed by atoms with Gasteiger partial charge in [0, 0.05) is 18.4 Å². The van der Waals surface area contributed by atoms with Crippen LogP contribution in [0.5, 0.6) is 0 Å². The third-order valence-electron chi connectivity index (χ3n) is 2.79. The van der Waals surface area contributed by atoms with Gasteiger partial charge in [-0.15, -0.1) is 0 Å².